The molecule has 0 aromatic heterocycles. The van der Waals surface area contributed by atoms with Gasteiger partial charge in [-0.25, -0.2) is 8.78 Å². The van der Waals surface area contributed by atoms with E-state index in [1.54, 1.807) is 0 Å². The van der Waals surface area contributed by atoms with E-state index in [0.29, 0.717) is 0 Å². The fourth-order valence-electron chi connectivity index (χ4n) is 1.86. The number of ketones is 1. The first-order valence-corrected chi connectivity index (χ1v) is 5.92. The van der Waals surface area contributed by atoms with Crippen LogP contribution in [0.15, 0.2) is 42.5 Å². The van der Waals surface area contributed by atoms with E-state index in [1.165, 1.54) is 6.07 Å². The van der Waals surface area contributed by atoms with E-state index in [4.69, 9.17) is 0 Å². The minimum absolute atomic E-state index is 0.0819. The van der Waals surface area contributed by atoms with Gasteiger partial charge >= 0.3 is 6.18 Å². The second kappa shape index (κ2) is 5.63. The number of hydrogen-bond acceptors (Lipinski definition) is 1. The highest BCUT2D eigenvalue weighted by molar-refractivity contribution is 5.97. The molecule has 0 spiro atoms. The fraction of sp³-hybridized carbons (Fsp3) is 0.133. The third-order valence-electron chi connectivity index (χ3n) is 2.87. The second-order valence-corrected chi connectivity index (χ2v) is 4.40. The molecule has 2 aromatic carbocycles. The Morgan fingerprint density at radius 2 is 1.67 bits per heavy atom. The highest BCUT2D eigenvalue weighted by Crippen LogP contribution is 2.29. The van der Waals surface area contributed by atoms with Crippen LogP contribution >= 0.6 is 0 Å². The molecule has 2 rings (SSSR count). The summed E-state index contributed by atoms with van der Waals surface area (Å²) >= 11 is 0. The lowest BCUT2D eigenvalue weighted by molar-refractivity contribution is -0.137. The Morgan fingerprint density at radius 3 is 2.33 bits per heavy atom. The van der Waals surface area contributed by atoms with Gasteiger partial charge in [-0.2, -0.15) is 13.2 Å². The first kappa shape index (κ1) is 15.2. The summed E-state index contributed by atoms with van der Waals surface area (Å²) in [6, 6.07) is 7.28. The molecule has 0 radical (unpaired) electrons. The average molecular weight is 300 g/mol. The van der Waals surface area contributed by atoms with Gasteiger partial charge in [0.05, 0.1) is 11.1 Å². The molecule has 0 aliphatic rings. The number of hydrogen-bond donors (Lipinski definition) is 0. The Balaban J connectivity index is 2.26. The van der Waals surface area contributed by atoms with Gasteiger partial charge in [0.2, 0.25) is 0 Å². The SMILES string of the molecule is O=C(Cc1cccc(C(F)(F)F)c1)c1cccc(F)c1F. The summed E-state index contributed by atoms with van der Waals surface area (Å²) in [7, 11) is 0. The maximum Gasteiger partial charge on any atom is 0.416 e. The predicted molar refractivity (Wildman–Crippen MR) is 65.8 cm³/mol. The lowest BCUT2D eigenvalue weighted by atomic mass is 10.0. The van der Waals surface area contributed by atoms with E-state index >= 15 is 0 Å². The Labute approximate surface area is 117 Å². The van der Waals surface area contributed by atoms with Crippen molar-refractivity contribution >= 4 is 5.78 Å². The molecule has 0 amide bonds. The quantitative estimate of drug-likeness (QED) is 0.606. The fourth-order valence-corrected chi connectivity index (χ4v) is 1.86. The van der Waals surface area contributed by atoms with Gasteiger partial charge in [0.1, 0.15) is 0 Å². The van der Waals surface area contributed by atoms with E-state index < -0.39 is 41.1 Å². The number of carbonyl (C=O) groups excluding carboxylic acids is 1. The van der Waals surface area contributed by atoms with Crippen molar-refractivity contribution in [2.75, 3.05) is 0 Å². The van der Waals surface area contributed by atoms with Crippen LogP contribution in [0.3, 0.4) is 0 Å². The van der Waals surface area contributed by atoms with Gasteiger partial charge in [0, 0.05) is 6.42 Å². The Bertz CT molecular complexity index is 676. The number of carbonyl (C=O) groups is 1. The summed E-state index contributed by atoms with van der Waals surface area (Å²) in [5.41, 5.74) is -1.29. The van der Waals surface area contributed by atoms with Crippen molar-refractivity contribution in [3.05, 3.63) is 70.8 Å². The van der Waals surface area contributed by atoms with Crippen LogP contribution in [0, 0.1) is 11.6 Å². The van der Waals surface area contributed by atoms with E-state index in [2.05, 4.69) is 0 Å². The lowest BCUT2D eigenvalue weighted by Crippen LogP contribution is -2.09. The molecule has 0 aliphatic heterocycles. The minimum Gasteiger partial charge on any atom is -0.294 e. The highest BCUT2D eigenvalue weighted by Gasteiger charge is 2.30. The second-order valence-electron chi connectivity index (χ2n) is 4.40. The number of alkyl halides is 3. The predicted octanol–water partition coefficient (Wildman–Crippen LogP) is 4.41. The van der Waals surface area contributed by atoms with Gasteiger partial charge in [0.15, 0.2) is 17.4 Å². The van der Waals surface area contributed by atoms with Crippen molar-refractivity contribution in [3.63, 3.8) is 0 Å². The normalized spacial score (nSPS) is 11.5. The molecule has 0 heterocycles. The van der Waals surface area contributed by atoms with Gasteiger partial charge in [0.25, 0.3) is 0 Å². The third-order valence-corrected chi connectivity index (χ3v) is 2.87. The van der Waals surface area contributed by atoms with E-state index in [-0.39, 0.29) is 5.56 Å². The Kier molecular flexibility index (Phi) is 4.06. The molecule has 0 fully saturated rings. The maximum absolute atomic E-state index is 13.4. The molecule has 6 heteroatoms. The molecule has 0 N–H and O–H groups in total. The van der Waals surface area contributed by atoms with Crippen LogP contribution in [0.25, 0.3) is 0 Å². The topological polar surface area (TPSA) is 17.1 Å². The van der Waals surface area contributed by atoms with Crippen LogP contribution in [0.5, 0.6) is 0 Å². The monoisotopic (exact) mass is 300 g/mol. The molecule has 0 aliphatic carbocycles. The van der Waals surface area contributed by atoms with Crippen LogP contribution in [0.4, 0.5) is 22.0 Å². The van der Waals surface area contributed by atoms with E-state index in [0.717, 1.165) is 36.4 Å². The van der Waals surface area contributed by atoms with Gasteiger partial charge in [-0.15, -0.1) is 0 Å². The molecule has 2 aromatic rings. The number of benzene rings is 2. The standard InChI is InChI=1S/C15H9F5O/c16-12-6-2-5-11(14(12)17)13(21)8-9-3-1-4-10(7-9)15(18,19)20/h1-7H,8H2. The molecule has 0 unspecified atom stereocenters. The zero-order valence-electron chi connectivity index (χ0n) is 10.5. The molecule has 21 heavy (non-hydrogen) atoms. The number of halogens is 5. The first-order valence-electron chi connectivity index (χ1n) is 5.92. The zero-order valence-corrected chi connectivity index (χ0v) is 10.5. The van der Waals surface area contributed by atoms with E-state index in [1.807, 2.05) is 0 Å². The zero-order chi connectivity index (χ0) is 15.6. The smallest absolute Gasteiger partial charge is 0.294 e. The van der Waals surface area contributed by atoms with Gasteiger partial charge in [-0.3, -0.25) is 4.79 Å². The molecular weight excluding hydrogens is 291 g/mol. The third kappa shape index (κ3) is 3.45. The summed E-state index contributed by atoms with van der Waals surface area (Å²) in [6.07, 6.45) is -4.96. The molecule has 110 valence electrons. The maximum atomic E-state index is 13.4. The summed E-state index contributed by atoms with van der Waals surface area (Å²) in [6.45, 7) is 0. The van der Waals surface area contributed by atoms with Crippen molar-refractivity contribution in [2.24, 2.45) is 0 Å². The van der Waals surface area contributed by atoms with Crippen LogP contribution in [0.1, 0.15) is 21.5 Å². The lowest BCUT2D eigenvalue weighted by Gasteiger charge is -2.08. The molecule has 0 bridgehead atoms. The summed E-state index contributed by atoms with van der Waals surface area (Å²) in [5, 5.41) is 0. The molecule has 1 nitrogen and oxygen atoms in total. The minimum atomic E-state index is -4.52. The number of rotatable bonds is 3. The van der Waals surface area contributed by atoms with Gasteiger partial charge in [-0.1, -0.05) is 24.3 Å². The van der Waals surface area contributed by atoms with Gasteiger partial charge in [-0.05, 0) is 23.8 Å². The van der Waals surface area contributed by atoms with Crippen LogP contribution in [0.2, 0.25) is 0 Å². The van der Waals surface area contributed by atoms with Crippen molar-refractivity contribution in [3.8, 4) is 0 Å². The molecule has 0 saturated carbocycles. The molecular formula is C15H9F5O. The summed E-state index contributed by atoms with van der Waals surface area (Å²) < 4.78 is 64.1. The summed E-state index contributed by atoms with van der Waals surface area (Å²) in [5.74, 6) is -3.26. The van der Waals surface area contributed by atoms with Crippen molar-refractivity contribution in [1.82, 2.24) is 0 Å². The molecule has 0 saturated heterocycles. The Morgan fingerprint density at radius 1 is 1.00 bits per heavy atom. The van der Waals surface area contributed by atoms with Crippen molar-refractivity contribution in [1.29, 1.82) is 0 Å². The van der Waals surface area contributed by atoms with Gasteiger partial charge < -0.3 is 0 Å². The van der Waals surface area contributed by atoms with Crippen molar-refractivity contribution in [2.45, 2.75) is 12.6 Å². The van der Waals surface area contributed by atoms with Crippen LogP contribution < -0.4 is 0 Å². The van der Waals surface area contributed by atoms with E-state index in [9.17, 15) is 26.7 Å². The Hall–Kier alpha value is -2.24. The summed E-state index contributed by atoms with van der Waals surface area (Å²) in [4.78, 5) is 11.9. The average Bonchev–Trinajstić information content (AvgIpc) is 2.41. The van der Waals surface area contributed by atoms with Crippen molar-refractivity contribution < 1.29 is 26.7 Å². The largest absolute Gasteiger partial charge is 0.416 e. The highest BCUT2D eigenvalue weighted by atomic mass is 19.4. The van der Waals surface area contributed by atoms with Crippen LogP contribution in [-0.2, 0) is 12.6 Å². The van der Waals surface area contributed by atoms with Crippen LogP contribution in [-0.4, -0.2) is 5.78 Å². The molecule has 0 atom stereocenters. The first-order chi connectivity index (χ1) is 9.79. The number of Topliss-reactive ketones (excluding diaryl/α,β-unsaturated/α-hetero) is 1.